The van der Waals surface area contributed by atoms with Crippen molar-refractivity contribution in [2.45, 2.75) is 78.9 Å². The number of aryl methyl sites for hydroxylation is 1. The number of unbranched alkanes of at least 4 members (excludes halogenated alkanes) is 1. The maximum absolute atomic E-state index is 5.82. The maximum atomic E-state index is 5.82. The fraction of sp³-hybridized carbons (Fsp3) is 0.893. The van der Waals surface area contributed by atoms with E-state index in [1.54, 1.807) is 0 Å². The molecule has 1 fully saturated rings. The molecular weight excluding hydrogens is 458 g/mol. The lowest BCUT2D eigenvalue weighted by molar-refractivity contribution is -0.0433. The Labute approximate surface area is 219 Å². The minimum absolute atomic E-state index is 0.114. The number of ether oxygens (including phenoxy) is 4. The average Bonchev–Trinajstić information content (AvgIpc) is 3.27. The van der Waals surface area contributed by atoms with Crippen molar-refractivity contribution < 1.29 is 23.5 Å². The van der Waals surface area contributed by atoms with Crippen molar-refractivity contribution in [2.75, 3.05) is 79.4 Å². The van der Waals surface area contributed by atoms with Gasteiger partial charge in [-0.15, -0.1) is 0 Å². The summed E-state index contributed by atoms with van der Waals surface area (Å²) in [6.07, 6.45) is 5.18. The summed E-state index contributed by atoms with van der Waals surface area (Å²) in [5.41, 5.74) is 0.948. The van der Waals surface area contributed by atoms with Crippen LogP contribution in [0.2, 0.25) is 0 Å². The first-order valence-electron chi connectivity index (χ1n) is 13.9. The lowest BCUT2D eigenvalue weighted by Gasteiger charge is -2.32. The van der Waals surface area contributed by atoms with Gasteiger partial charge in [-0.25, -0.2) is 0 Å². The third-order valence-electron chi connectivity index (χ3n) is 6.57. The van der Waals surface area contributed by atoms with Gasteiger partial charge in [-0.2, -0.15) is 0 Å². The molecule has 1 aromatic heterocycles. The van der Waals surface area contributed by atoms with Crippen molar-refractivity contribution in [3.05, 3.63) is 17.5 Å². The van der Waals surface area contributed by atoms with Crippen LogP contribution in [0.3, 0.4) is 0 Å². The molecule has 2 rings (SSSR count). The summed E-state index contributed by atoms with van der Waals surface area (Å²) >= 11 is 0. The third-order valence-corrected chi connectivity index (χ3v) is 6.57. The Kier molecular flexibility index (Phi) is 14.5. The van der Waals surface area contributed by atoms with E-state index in [2.05, 4.69) is 35.9 Å². The Bertz CT molecular complexity index is 681. The molecule has 0 aliphatic carbocycles. The summed E-state index contributed by atoms with van der Waals surface area (Å²) in [6.45, 7) is 21.1. The molecule has 1 aliphatic heterocycles. The summed E-state index contributed by atoms with van der Waals surface area (Å²) in [6, 6.07) is 2.04. The van der Waals surface area contributed by atoms with E-state index < -0.39 is 0 Å². The molecule has 1 aliphatic rings. The summed E-state index contributed by atoms with van der Waals surface area (Å²) in [7, 11) is 2.20. The lowest BCUT2D eigenvalue weighted by atomic mass is 9.84. The lowest BCUT2D eigenvalue weighted by Crippen LogP contribution is -2.44. The van der Waals surface area contributed by atoms with Crippen LogP contribution in [0.4, 0.5) is 0 Å². The normalized spacial score (nSPS) is 16.2. The monoisotopic (exact) mass is 511 g/mol. The van der Waals surface area contributed by atoms with Gasteiger partial charge in [0.05, 0.1) is 38.6 Å². The number of hydrogen-bond donors (Lipinski definition) is 0. The van der Waals surface area contributed by atoms with Crippen LogP contribution in [-0.4, -0.2) is 100.0 Å². The molecule has 0 aromatic carbocycles. The van der Waals surface area contributed by atoms with Gasteiger partial charge in [-0.05, 0) is 65.5 Å². The molecule has 0 bridgehead atoms. The third kappa shape index (κ3) is 15.3. The molecule has 0 unspecified atom stereocenters. The standard InChI is InChI=1S/C28H53N3O5/c1-27(2,3)35-22-21-33-20-19-32-18-11-28(4,5)10-9-26-23-25(29-36-26)24-34-17-8-7-12-31-15-13-30(6)14-16-31/h23H,7-22,24H2,1-6H3. The summed E-state index contributed by atoms with van der Waals surface area (Å²) in [5.74, 6) is 0.934. The van der Waals surface area contributed by atoms with Crippen LogP contribution in [0.25, 0.3) is 0 Å². The summed E-state index contributed by atoms with van der Waals surface area (Å²) < 4.78 is 28.3. The van der Waals surface area contributed by atoms with Crippen LogP contribution in [0, 0.1) is 5.41 Å². The highest BCUT2D eigenvalue weighted by atomic mass is 16.5. The quantitative estimate of drug-likeness (QED) is 0.253. The Balaban J connectivity index is 1.45. The van der Waals surface area contributed by atoms with E-state index in [1.807, 2.05) is 26.8 Å². The topological polar surface area (TPSA) is 69.4 Å². The molecule has 0 spiro atoms. The number of piperazine rings is 1. The second kappa shape index (κ2) is 16.7. The average molecular weight is 512 g/mol. The molecule has 2 heterocycles. The first-order valence-corrected chi connectivity index (χ1v) is 13.9. The smallest absolute Gasteiger partial charge is 0.137 e. The van der Waals surface area contributed by atoms with Gasteiger partial charge in [-0.1, -0.05) is 19.0 Å². The molecular formula is C28H53N3O5. The van der Waals surface area contributed by atoms with Crippen molar-refractivity contribution in [1.29, 1.82) is 0 Å². The molecule has 36 heavy (non-hydrogen) atoms. The van der Waals surface area contributed by atoms with E-state index in [1.165, 1.54) is 39.1 Å². The molecule has 0 amide bonds. The highest BCUT2D eigenvalue weighted by Crippen LogP contribution is 2.27. The fourth-order valence-electron chi connectivity index (χ4n) is 3.99. The predicted molar refractivity (Wildman–Crippen MR) is 143 cm³/mol. The van der Waals surface area contributed by atoms with Crippen molar-refractivity contribution in [2.24, 2.45) is 5.41 Å². The van der Waals surface area contributed by atoms with Gasteiger partial charge in [0.15, 0.2) is 0 Å². The van der Waals surface area contributed by atoms with Crippen molar-refractivity contribution in [1.82, 2.24) is 15.0 Å². The molecule has 0 N–H and O–H groups in total. The Morgan fingerprint density at radius 2 is 1.53 bits per heavy atom. The molecule has 1 aromatic rings. The van der Waals surface area contributed by atoms with Crippen molar-refractivity contribution in [3.63, 3.8) is 0 Å². The van der Waals surface area contributed by atoms with E-state index in [0.29, 0.717) is 33.0 Å². The van der Waals surface area contributed by atoms with E-state index >= 15 is 0 Å². The Hall–Kier alpha value is -1.03. The molecule has 1 saturated heterocycles. The van der Waals surface area contributed by atoms with Gasteiger partial charge >= 0.3 is 0 Å². The van der Waals surface area contributed by atoms with Gasteiger partial charge in [0, 0.05) is 51.9 Å². The van der Waals surface area contributed by atoms with Crippen molar-refractivity contribution in [3.8, 4) is 0 Å². The van der Waals surface area contributed by atoms with Gasteiger partial charge in [0.25, 0.3) is 0 Å². The number of hydrogen-bond acceptors (Lipinski definition) is 8. The van der Waals surface area contributed by atoms with E-state index in [9.17, 15) is 0 Å². The largest absolute Gasteiger partial charge is 0.379 e. The van der Waals surface area contributed by atoms with Crippen LogP contribution < -0.4 is 0 Å². The second-order valence-corrected chi connectivity index (χ2v) is 11.8. The van der Waals surface area contributed by atoms with Gasteiger partial charge in [-0.3, -0.25) is 0 Å². The van der Waals surface area contributed by atoms with Crippen LogP contribution in [-0.2, 0) is 32.0 Å². The fourth-order valence-corrected chi connectivity index (χ4v) is 3.99. The predicted octanol–water partition coefficient (Wildman–Crippen LogP) is 4.42. The highest BCUT2D eigenvalue weighted by molar-refractivity contribution is 5.04. The Morgan fingerprint density at radius 1 is 0.833 bits per heavy atom. The minimum atomic E-state index is -0.114. The zero-order chi connectivity index (χ0) is 26.3. The Morgan fingerprint density at radius 3 is 2.25 bits per heavy atom. The van der Waals surface area contributed by atoms with E-state index in [-0.39, 0.29) is 11.0 Å². The summed E-state index contributed by atoms with van der Waals surface area (Å²) in [5, 5.41) is 4.19. The van der Waals surface area contributed by atoms with Gasteiger partial charge < -0.3 is 33.3 Å². The molecule has 8 nitrogen and oxygen atoms in total. The molecule has 0 atom stereocenters. The molecule has 0 radical (unpaired) electrons. The minimum Gasteiger partial charge on any atom is -0.379 e. The zero-order valence-electron chi connectivity index (χ0n) is 24.0. The number of nitrogens with zero attached hydrogens (tertiary/aromatic N) is 3. The summed E-state index contributed by atoms with van der Waals surface area (Å²) in [4.78, 5) is 4.95. The van der Waals surface area contributed by atoms with Crippen LogP contribution in [0.5, 0.6) is 0 Å². The zero-order valence-corrected chi connectivity index (χ0v) is 24.0. The number of likely N-dealkylation sites (N-methyl/N-ethyl adjacent to an activating group) is 1. The van der Waals surface area contributed by atoms with Gasteiger partial charge in [0.2, 0.25) is 0 Å². The number of aromatic nitrogens is 1. The highest BCUT2D eigenvalue weighted by Gasteiger charge is 2.19. The SMILES string of the molecule is CN1CCN(CCCCOCc2cc(CCC(C)(C)CCOCCOCCOC(C)(C)C)on2)CC1. The maximum Gasteiger partial charge on any atom is 0.137 e. The first-order chi connectivity index (χ1) is 17.1. The second-order valence-electron chi connectivity index (χ2n) is 11.8. The van der Waals surface area contributed by atoms with Crippen LogP contribution in [0.15, 0.2) is 10.6 Å². The molecule has 210 valence electrons. The first kappa shape index (κ1) is 31.2. The molecule has 8 heteroatoms. The van der Waals surface area contributed by atoms with Crippen molar-refractivity contribution >= 4 is 0 Å². The van der Waals surface area contributed by atoms with Crippen LogP contribution in [0.1, 0.15) is 71.8 Å². The van der Waals surface area contributed by atoms with E-state index in [0.717, 1.165) is 50.4 Å². The van der Waals surface area contributed by atoms with Crippen LogP contribution >= 0.6 is 0 Å². The van der Waals surface area contributed by atoms with E-state index in [4.69, 9.17) is 23.5 Å². The molecule has 0 saturated carbocycles. The number of rotatable bonds is 19. The van der Waals surface area contributed by atoms with Gasteiger partial charge in [0.1, 0.15) is 11.5 Å².